The Balaban J connectivity index is 1.73. The number of hydrogen-bond donors (Lipinski definition) is 1. The van der Waals surface area contributed by atoms with Crippen molar-refractivity contribution in [2.24, 2.45) is 12.1 Å². The lowest BCUT2D eigenvalue weighted by Gasteiger charge is -2.22. The Morgan fingerprint density at radius 1 is 0.946 bits per heavy atom. The van der Waals surface area contributed by atoms with E-state index in [0.717, 1.165) is 15.4 Å². The zero-order chi connectivity index (χ0) is 26.6. The van der Waals surface area contributed by atoms with E-state index in [2.05, 4.69) is 10.5 Å². The summed E-state index contributed by atoms with van der Waals surface area (Å²) in [6.07, 6.45) is 1.46. The Morgan fingerprint density at radius 2 is 1.54 bits per heavy atom. The molecule has 4 rings (SSSR count). The van der Waals surface area contributed by atoms with Crippen LogP contribution in [0.1, 0.15) is 16.8 Å². The van der Waals surface area contributed by atoms with Gasteiger partial charge in [-0.25, -0.2) is 22.8 Å². The standard InChI is InChI=1S/C27H27N5O4S/c1-20-14-16-22(17-15-20)18-28-29-25(33)19-31(37(35,36)24-12-8-5-9-13-24)26-21(2)30(3)32(27(26)34)23-10-6-4-7-11-23/h4-18H,19H2,1-3H3,(H,29,33). The molecule has 10 heteroatoms. The van der Waals surface area contributed by atoms with Crippen molar-refractivity contribution in [3.8, 4) is 5.69 Å². The second kappa shape index (κ2) is 10.7. The third-order valence-corrected chi connectivity index (χ3v) is 7.63. The lowest BCUT2D eigenvalue weighted by atomic mass is 10.2. The number of hydrogen-bond acceptors (Lipinski definition) is 5. The number of carbonyl (C=O) groups is 1. The normalized spacial score (nSPS) is 11.5. The number of rotatable bonds is 8. The number of nitrogens with zero attached hydrogens (tertiary/aromatic N) is 4. The SMILES string of the molecule is Cc1ccc(C=NNC(=O)CN(c2c(C)n(C)n(-c3ccccc3)c2=O)S(=O)(=O)c2ccccc2)cc1. The van der Waals surface area contributed by atoms with Crippen LogP contribution in [0.25, 0.3) is 5.69 Å². The molecule has 9 nitrogen and oxygen atoms in total. The quantitative estimate of drug-likeness (QED) is 0.286. The highest BCUT2D eigenvalue weighted by Gasteiger charge is 2.33. The van der Waals surface area contributed by atoms with E-state index in [1.54, 1.807) is 61.1 Å². The van der Waals surface area contributed by atoms with Gasteiger partial charge in [0, 0.05) is 7.05 Å². The third kappa shape index (κ3) is 5.39. The Kier molecular flexibility index (Phi) is 7.40. The minimum absolute atomic E-state index is 0.0418. The number of aromatic nitrogens is 2. The van der Waals surface area contributed by atoms with Crippen molar-refractivity contribution >= 4 is 27.8 Å². The number of sulfonamides is 1. The van der Waals surface area contributed by atoms with Crippen LogP contribution >= 0.6 is 0 Å². The molecule has 0 unspecified atom stereocenters. The van der Waals surface area contributed by atoms with Crippen molar-refractivity contribution < 1.29 is 13.2 Å². The van der Waals surface area contributed by atoms with E-state index < -0.39 is 28.0 Å². The van der Waals surface area contributed by atoms with Gasteiger partial charge in [0.2, 0.25) is 0 Å². The maximum absolute atomic E-state index is 13.7. The summed E-state index contributed by atoms with van der Waals surface area (Å²) in [7, 11) is -2.61. The molecule has 0 bridgehead atoms. The molecule has 1 N–H and O–H groups in total. The summed E-state index contributed by atoms with van der Waals surface area (Å²) < 4.78 is 31.2. The number of para-hydroxylation sites is 1. The van der Waals surface area contributed by atoms with Crippen molar-refractivity contribution in [1.82, 2.24) is 14.8 Å². The molecule has 1 amide bonds. The molecular weight excluding hydrogens is 490 g/mol. The van der Waals surface area contributed by atoms with Crippen LogP contribution in [0.3, 0.4) is 0 Å². The fourth-order valence-electron chi connectivity index (χ4n) is 3.84. The second-order valence-electron chi connectivity index (χ2n) is 8.44. The van der Waals surface area contributed by atoms with Crippen molar-refractivity contribution in [2.75, 3.05) is 10.8 Å². The average molecular weight is 518 g/mol. The van der Waals surface area contributed by atoms with Gasteiger partial charge in [0.15, 0.2) is 0 Å². The van der Waals surface area contributed by atoms with Crippen molar-refractivity contribution in [3.05, 3.63) is 112 Å². The predicted molar refractivity (Wildman–Crippen MR) is 144 cm³/mol. The number of nitrogens with one attached hydrogen (secondary N) is 1. The van der Waals surface area contributed by atoms with Crippen LogP contribution in [0.15, 0.2) is 99.7 Å². The van der Waals surface area contributed by atoms with Crippen LogP contribution in [0.2, 0.25) is 0 Å². The summed E-state index contributed by atoms with van der Waals surface area (Å²) in [5.41, 5.74) is 4.48. The average Bonchev–Trinajstić information content (AvgIpc) is 3.12. The summed E-state index contributed by atoms with van der Waals surface area (Å²) >= 11 is 0. The van der Waals surface area contributed by atoms with Crippen LogP contribution in [0.5, 0.6) is 0 Å². The molecule has 0 aliphatic carbocycles. The molecule has 1 heterocycles. The Morgan fingerprint density at radius 3 is 2.16 bits per heavy atom. The molecule has 0 fully saturated rings. The maximum atomic E-state index is 13.7. The molecule has 37 heavy (non-hydrogen) atoms. The predicted octanol–water partition coefficient (Wildman–Crippen LogP) is 3.14. The lowest BCUT2D eigenvalue weighted by Crippen LogP contribution is -2.42. The summed E-state index contributed by atoms with van der Waals surface area (Å²) in [4.78, 5) is 26.5. The molecule has 0 spiro atoms. The summed E-state index contributed by atoms with van der Waals surface area (Å²) in [5, 5.41) is 3.95. The van der Waals surface area contributed by atoms with E-state index in [1.807, 2.05) is 37.3 Å². The largest absolute Gasteiger partial charge is 0.296 e. The summed E-state index contributed by atoms with van der Waals surface area (Å²) in [6, 6.07) is 24.1. The Bertz CT molecular complexity index is 1590. The van der Waals surface area contributed by atoms with E-state index in [0.29, 0.717) is 11.4 Å². The first-order valence-electron chi connectivity index (χ1n) is 11.5. The molecule has 0 aliphatic rings. The van der Waals surface area contributed by atoms with E-state index in [4.69, 9.17) is 0 Å². The first-order valence-corrected chi connectivity index (χ1v) is 12.9. The first kappa shape index (κ1) is 25.6. The first-order chi connectivity index (χ1) is 17.7. The third-order valence-electron chi connectivity index (χ3n) is 5.87. The van der Waals surface area contributed by atoms with E-state index in [-0.39, 0.29) is 10.6 Å². The van der Waals surface area contributed by atoms with Gasteiger partial charge in [-0.15, -0.1) is 0 Å². The van der Waals surface area contributed by atoms with Gasteiger partial charge in [-0.1, -0.05) is 66.2 Å². The molecule has 3 aromatic carbocycles. The van der Waals surface area contributed by atoms with Gasteiger partial charge in [-0.3, -0.25) is 14.3 Å². The van der Waals surface area contributed by atoms with Crippen LogP contribution < -0.4 is 15.3 Å². The van der Waals surface area contributed by atoms with Crippen molar-refractivity contribution in [3.63, 3.8) is 0 Å². The molecule has 190 valence electrons. The molecule has 0 saturated heterocycles. The van der Waals surface area contributed by atoms with Gasteiger partial charge in [-0.2, -0.15) is 5.10 Å². The number of benzene rings is 3. The number of hydrazone groups is 1. The van der Waals surface area contributed by atoms with Crippen LogP contribution in [0.4, 0.5) is 5.69 Å². The summed E-state index contributed by atoms with van der Waals surface area (Å²) in [6.45, 7) is 2.95. The molecule has 1 aromatic heterocycles. The van der Waals surface area contributed by atoms with E-state index >= 15 is 0 Å². The van der Waals surface area contributed by atoms with Crippen molar-refractivity contribution in [2.45, 2.75) is 18.7 Å². The minimum Gasteiger partial charge on any atom is -0.283 e. The second-order valence-corrected chi connectivity index (χ2v) is 10.3. The van der Waals surface area contributed by atoms with E-state index in [1.165, 1.54) is 23.0 Å². The van der Waals surface area contributed by atoms with Crippen LogP contribution in [-0.4, -0.2) is 36.4 Å². The van der Waals surface area contributed by atoms with E-state index in [9.17, 15) is 18.0 Å². The molecular formula is C27H27N5O4S. The number of amides is 1. The maximum Gasteiger partial charge on any atom is 0.296 e. The molecule has 0 saturated carbocycles. The topological polar surface area (TPSA) is 106 Å². The number of anilines is 1. The van der Waals surface area contributed by atoms with Gasteiger partial charge in [0.05, 0.1) is 22.5 Å². The minimum atomic E-state index is -4.27. The zero-order valence-electron chi connectivity index (χ0n) is 20.7. The Hall–Kier alpha value is -4.44. The number of carbonyl (C=O) groups excluding carboxylic acids is 1. The lowest BCUT2D eigenvalue weighted by molar-refractivity contribution is -0.119. The van der Waals surface area contributed by atoms with Gasteiger partial charge >= 0.3 is 0 Å². The molecule has 0 atom stereocenters. The number of aryl methyl sites for hydroxylation is 1. The molecule has 4 aromatic rings. The fraction of sp³-hybridized carbons (Fsp3) is 0.148. The highest BCUT2D eigenvalue weighted by molar-refractivity contribution is 7.92. The van der Waals surface area contributed by atoms with Crippen LogP contribution in [0, 0.1) is 13.8 Å². The monoisotopic (exact) mass is 517 g/mol. The Labute approximate surface area is 215 Å². The molecule has 0 aliphatic heterocycles. The fourth-order valence-corrected chi connectivity index (χ4v) is 5.34. The zero-order valence-corrected chi connectivity index (χ0v) is 21.5. The van der Waals surface area contributed by atoms with Crippen molar-refractivity contribution in [1.29, 1.82) is 0 Å². The van der Waals surface area contributed by atoms with Gasteiger partial charge in [0.25, 0.3) is 21.5 Å². The molecule has 0 radical (unpaired) electrons. The summed E-state index contributed by atoms with van der Waals surface area (Å²) in [5.74, 6) is -0.697. The van der Waals surface area contributed by atoms with Crippen LogP contribution in [-0.2, 0) is 21.9 Å². The van der Waals surface area contributed by atoms with Gasteiger partial charge in [-0.05, 0) is 43.7 Å². The van der Waals surface area contributed by atoms with Gasteiger partial charge in [0.1, 0.15) is 12.2 Å². The highest BCUT2D eigenvalue weighted by Crippen LogP contribution is 2.25. The highest BCUT2D eigenvalue weighted by atomic mass is 32.2. The smallest absolute Gasteiger partial charge is 0.283 e. The van der Waals surface area contributed by atoms with Gasteiger partial charge < -0.3 is 0 Å².